The van der Waals surface area contributed by atoms with Crippen molar-refractivity contribution in [2.24, 2.45) is 0 Å². The molecule has 3 nitrogen and oxygen atoms in total. The summed E-state index contributed by atoms with van der Waals surface area (Å²) < 4.78 is 11.2. The molecule has 140 valence electrons. The Morgan fingerprint density at radius 1 is 0.889 bits per heavy atom. The first kappa shape index (κ1) is 19.0. The molecule has 0 bridgehead atoms. The van der Waals surface area contributed by atoms with Gasteiger partial charge in [-0.25, -0.2) is 0 Å². The van der Waals surface area contributed by atoms with Crippen LogP contribution in [0.2, 0.25) is 0 Å². The molecule has 0 saturated carbocycles. The molecule has 0 spiro atoms. The quantitative estimate of drug-likeness (QED) is 0.559. The molecule has 0 amide bonds. The van der Waals surface area contributed by atoms with Crippen LogP contribution in [0.4, 0.5) is 0 Å². The summed E-state index contributed by atoms with van der Waals surface area (Å²) in [7, 11) is 1.69. The lowest BCUT2D eigenvalue weighted by molar-refractivity contribution is 0.164. The van der Waals surface area contributed by atoms with Gasteiger partial charge < -0.3 is 14.6 Å². The first-order valence-electron chi connectivity index (χ1n) is 9.33. The summed E-state index contributed by atoms with van der Waals surface area (Å²) in [6.07, 6.45) is 1.96. The Kier molecular flexibility index (Phi) is 6.89. The highest BCUT2D eigenvalue weighted by molar-refractivity contribution is 5.33. The molecule has 0 saturated heterocycles. The van der Waals surface area contributed by atoms with Gasteiger partial charge in [0, 0.05) is 0 Å². The maximum Gasteiger partial charge on any atom is 0.122 e. The first-order valence-corrected chi connectivity index (χ1v) is 9.33. The van der Waals surface area contributed by atoms with Crippen molar-refractivity contribution in [3.63, 3.8) is 0 Å². The van der Waals surface area contributed by atoms with E-state index in [9.17, 15) is 5.11 Å². The number of hydrogen-bond donors (Lipinski definition) is 1. The Labute approximate surface area is 161 Å². The molecule has 0 unspecified atom stereocenters. The van der Waals surface area contributed by atoms with Crippen molar-refractivity contribution in [3.05, 3.63) is 95.6 Å². The topological polar surface area (TPSA) is 38.7 Å². The molecule has 0 fully saturated rings. The van der Waals surface area contributed by atoms with Crippen molar-refractivity contribution in [2.45, 2.75) is 32.0 Å². The number of aliphatic hydroxyl groups is 1. The predicted molar refractivity (Wildman–Crippen MR) is 108 cm³/mol. The monoisotopic (exact) mass is 362 g/mol. The van der Waals surface area contributed by atoms with Crippen LogP contribution >= 0.6 is 0 Å². The molecular weight excluding hydrogens is 336 g/mol. The molecule has 1 N–H and O–H groups in total. The van der Waals surface area contributed by atoms with Gasteiger partial charge in [-0.05, 0) is 54.2 Å². The minimum Gasteiger partial charge on any atom is -0.496 e. The second-order valence-corrected chi connectivity index (χ2v) is 6.57. The van der Waals surface area contributed by atoms with E-state index in [1.165, 1.54) is 5.56 Å². The van der Waals surface area contributed by atoms with Crippen LogP contribution in [-0.2, 0) is 13.0 Å². The van der Waals surface area contributed by atoms with Crippen molar-refractivity contribution >= 4 is 0 Å². The zero-order valence-electron chi connectivity index (χ0n) is 15.7. The zero-order chi connectivity index (χ0) is 18.9. The van der Waals surface area contributed by atoms with Crippen LogP contribution in [0.5, 0.6) is 11.5 Å². The molecule has 0 radical (unpaired) electrons. The van der Waals surface area contributed by atoms with E-state index in [1.807, 2.05) is 72.8 Å². The molecule has 0 heterocycles. The van der Waals surface area contributed by atoms with Crippen molar-refractivity contribution in [3.8, 4) is 11.5 Å². The van der Waals surface area contributed by atoms with E-state index in [-0.39, 0.29) is 0 Å². The molecule has 0 aromatic heterocycles. The van der Waals surface area contributed by atoms with Crippen molar-refractivity contribution in [1.29, 1.82) is 0 Å². The smallest absolute Gasteiger partial charge is 0.122 e. The number of para-hydroxylation sites is 1. The fourth-order valence-corrected chi connectivity index (χ4v) is 3.11. The fourth-order valence-electron chi connectivity index (χ4n) is 3.11. The lowest BCUT2D eigenvalue weighted by Gasteiger charge is -2.14. The predicted octanol–water partition coefficient (Wildman–Crippen LogP) is 5.33. The van der Waals surface area contributed by atoms with Gasteiger partial charge in [0.05, 0.1) is 13.2 Å². The van der Waals surface area contributed by atoms with E-state index in [0.717, 1.165) is 35.5 Å². The molecule has 3 aromatic carbocycles. The van der Waals surface area contributed by atoms with E-state index >= 15 is 0 Å². The third-order valence-corrected chi connectivity index (χ3v) is 4.61. The fraction of sp³-hybridized carbons (Fsp3) is 0.250. The second kappa shape index (κ2) is 9.79. The van der Waals surface area contributed by atoms with Crippen LogP contribution in [0.3, 0.4) is 0 Å². The van der Waals surface area contributed by atoms with Crippen LogP contribution in [0.15, 0.2) is 78.9 Å². The third-order valence-electron chi connectivity index (χ3n) is 4.61. The minimum atomic E-state index is -0.500. The largest absolute Gasteiger partial charge is 0.496 e. The Hall–Kier alpha value is -2.78. The average molecular weight is 362 g/mol. The zero-order valence-corrected chi connectivity index (χ0v) is 15.7. The maximum absolute atomic E-state index is 10.5. The molecule has 0 aliphatic rings. The Bertz CT molecular complexity index is 830. The minimum absolute atomic E-state index is 0.500. The lowest BCUT2D eigenvalue weighted by Crippen LogP contribution is -2.01. The van der Waals surface area contributed by atoms with Crippen molar-refractivity contribution in [2.75, 3.05) is 7.11 Å². The summed E-state index contributed by atoms with van der Waals surface area (Å²) >= 11 is 0. The van der Waals surface area contributed by atoms with Gasteiger partial charge in [-0.3, -0.25) is 0 Å². The number of hydrogen-bond acceptors (Lipinski definition) is 3. The average Bonchev–Trinajstić information content (AvgIpc) is 2.73. The third kappa shape index (κ3) is 5.60. The molecule has 3 rings (SSSR count). The standard InChI is InChI=1S/C24H26O3/c1-26-24-16-6-5-11-20(24)12-8-15-23(25)21-13-7-14-22(17-21)27-18-19-9-3-2-4-10-19/h2-7,9-11,13-14,16-17,23,25H,8,12,15,18H2,1H3/t23-/m0/s1. The van der Waals surface area contributed by atoms with E-state index in [1.54, 1.807) is 7.11 Å². The highest BCUT2D eigenvalue weighted by Crippen LogP contribution is 2.25. The van der Waals surface area contributed by atoms with Gasteiger partial charge in [-0.2, -0.15) is 0 Å². The SMILES string of the molecule is COc1ccccc1CCC[C@H](O)c1cccc(OCc2ccccc2)c1. The van der Waals surface area contributed by atoms with Crippen molar-refractivity contribution < 1.29 is 14.6 Å². The molecule has 27 heavy (non-hydrogen) atoms. The molecule has 3 aromatic rings. The van der Waals surface area contributed by atoms with Gasteiger partial charge in [0.1, 0.15) is 18.1 Å². The van der Waals surface area contributed by atoms with Gasteiger partial charge in [0.15, 0.2) is 0 Å². The molecule has 0 aliphatic carbocycles. The number of rotatable bonds is 9. The maximum atomic E-state index is 10.5. The molecule has 0 aliphatic heterocycles. The van der Waals surface area contributed by atoms with Crippen LogP contribution in [-0.4, -0.2) is 12.2 Å². The van der Waals surface area contributed by atoms with Gasteiger partial charge in [0.2, 0.25) is 0 Å². The molecule has 1 atom stereocenters. The van der Waals surface area contributed by atoms with Gasteiger partial charge in [-0.1, -0.05) is 60.7 Å². The van der Waals surface area contributed by atoms with E-state index < -0.39 is 6.10 Å². The van der Waals surface area contributed by atoms with Crippen LogP contribution < -0.4 is 9.47 Å². The summed E-state index contributed by atoms with van der Waals surface area (Å²) in [5.41, 5.74) is 3.19. The summed E-state index contributed by atoms with van der Waals surface area (Å²) in [6.45, 7) is 0.522. The number of aliphatic hydroxyl groups excluding tert-OH is 1. The highest BCUT2D eigenvalue weighted by Gasteiger charge is 2.10. The number of methoxy groups -OCH3 is 1. The summed E-state index contributed by atoms with van der Waals surface area (Å²) in [5, 5.41) is 10.5. The summed E-state index contributed by atoms with van der Waals surface area (Å²) in [5.74, 6) is 1.68. The van der Waals surface area contributed by atoms with Crippen LogP contribution in [0.25, 0.3) is 0 Å². The molecular formula is C24H26O3. The number of ether oxygens (including phenoxy) is 2. The van der Waals surface area contributed by atoms with Gasteiger partial charge in [0.25, 0.3) is 0 Å². The first-order chi connectivity index (χ1) is 13.3. The normalized spacial score (nSPS) is 11.8. The van der Waals surface area contributed by atoms with Crippen molar-refractivity contribution in [1.82, 2.24) is 0 Å². The second-order valence-electron chi connectivity index (χ2n) is 6.57. The van der Waals surface area contributed by atoms with Gasteiger partial charge >= 0.3 is 0 Å². The Morgan fingerprint density at radius 2 is 1.67 bits per heavy atom. The summed E-state index contributed by atoms with van der Waals surface area (Å²) in [4.78, 5) is 0. The van der Waals surface area contributed by atoms with E-state index in [4.69, 9.17) is 9.47 Å². The summed E-state index contributed by atoms with van der Waals surface area (Å²) in [6, 6.07) is 25.8. The van der Waals surface area contributed by atoms with Crippen LogP contribution in [0, 0.1) is 0 Å². The van der Waals surface area contributed by atoms with E-state index in [0.29, 0.717) is 13.0 Å². The highest BCUT2D eigenvalue weighted by atomic mass is 16.5. The number of aryl methyl sites for hydroxylation is 1. The lowest BCUT2D eigenvalue weighted by atomic mass is 10.0. The van der Waals surface area contributed by atoms with E-state index in [2.05, 4.69) is 6.07 Å². The Morgan fingerprint density at radius 3 is 2.48 bits per heavy atom. The Balaban J connectivity index is 1.53. The molecule has 3 heteroatoms. The van der Waals surface area contributed by atoms with Gasteiger partial charge in [-0.15, -0.1) is 0 Å². The van der Waals surface area contributed by atoms with Crippen LogP contribution in [0.1, 0.15) is 35.6 Å². The number of benzene rings is 3.